The Kier molecular flexibility index (Phi) is 5.33. The van der Waals surface area contributed by atoms with Crippen LogP contribution in [0.15, 0.2) is 40.6 Å². The predicted molar refractivity (Wildman–Crippen MR) is 95.2 cm³/mol. The van der Waals surface area contributed by atoms with Crippen LogP contribution in [0.2, 0.25) is 0 Å². The zero-order valence-electron chi connectivity index (χ0n) is 14.4. The minimum Gasteiger partial charge on any atom is -0.335 e. The molecule has 0 unspecified atom stereocenters. The molecule has 1 aromatic heterocycles. The number of amides is 1. The summed E-state index contributed by atoms with van der Waals surface area (Å²) in [6.07, 6.45) is -4.77. The molecule has 0 bridgehead atoms. The number of hydrogen-bond acceptors (Lipinski definition) is 4. The third kappa shape index (κ3) is 3.87. The molecule has 1 fully saturated rings. The number of carbonyl (C=O) groups is 1. The van der Waals surface area contributed by atoms with Gasteiger partial charge in [-0.2, -0.15) is 17.5 Å². The van der Waals surface area contributed by atoms with Gasteiger partial charge in [0.15, 0.2) is 0 Å². The van der Waals surface area contributed by atoms with Crippen LogP contribution in [0.25, 0.3) is 0 Å². The molecular weight excluding hydrogens is 401 g/mol. The van der Waals surface area contributed by atoms with Crippen molar-refractivity contribution >= 4 is 27.3 Å². The van der Waals surface area contributed by atoms with E-state index in [1.165, 1.54) is 22.3 Å². The summed E-state index contributed by atoms with van der Waals surface area (Å²) in [7, 11) is -4.31. The lowest BCUT2D eigenvalue weighted by molar-refractivity contribution is -0.139. The number of halogens is 3. The molecule has 10 heteroatoms. The van der Waals surface area contributed by atoms with E-state index in [9.17, 15) is 26.4 Å². The number of alkyl halides is 3. The zero-order chi connectivity index (χ0) is 19.8. The summed E-state index contributed by atoms with van der Waals surface area (Å²) >= 11 is 1.31. The van der Waals surface area contributed by atoms with E-state index in [1.807, 2.05) is 13.0 Å². The van der Waals surface area contributed by atoms with Crippen LogP contribution in [-0.4, -0.2) is 49.7 Å². The maximum absolute atomic E-state index is 13.2. The van der Waals surface area contributed by atoms with E-state index in [0.717, 1.165) is 28.1 Å². The number of hydrogen-bond donors (Lipinski definition) is 0. The van der Waals surface area contributed by atoms with E-state index in [-0.39, 0.29) is 32.1 Å². The quantitative estimate of drug-likeness (QED) is 0.769. The van der Waals surface area contributed by atoms with Gasteiger partial charge in [-0.05, 0) is 36.1 Å². The van der Waals surface area contributed by atoms with Crippen LogP contribution in [0, 0.1) is 6.92 Å². The van der Waals surface area contributed by atoms with Gasteiger partial charge >= 0.3 is 6.18 Å². The number of nitrogens with zero attached hydrogens (tertiary/aromatic N) is 2. The molecule has 0 atom stereocenters. The summed E-state index contributed by atoms with van der Waals surface area (Å²) in [5.41, 5.74) is -0.336. The van der Waals surface area contributed by atoms with Gasteiger partial charge in [-0.3, -0.25) is 4.79 Å². The first kappa shape index (κ1) is 19.8. The van der Waals surface area contributed by atoms with Gasteiger partial charge in [0.25, 0.3) is 5.91 Å². The van der Waals surface area contributed by atoms with Crippen molar-refractivity contribution in [3.63, 3.8) is 0 Å². The minimum atomic E-state index is -4.77. The molecular formula is C17H17F3N2O3S2. The highest BCUT2D eigenvalue weighted by Gasteiger charge is 2.39. The molecule has 2 aromatic rings. The predicted octanol–water partition coefficient (Wildman–Crippen LogP) is 3.22. The van der Waals surface area contributed by atoms with Crippen molar-refractivity contribution in [3.05, 3.63) is 51.7 Å². The Hall–Kier alpha value is -1.91. The fourth-order valence-corrected chi connectivity index (χ4v) is 5.46. The number of benzene rings is 1. The molecule has 1 aromatic carbocycles. The Morgan fingerprint density at radius 1 is 1.07 bits per heavy atom. The third-order valence-corrected chi connectivity index (χ3v) is 7.35. The fourth-order valence-electron chi connectivity index (χ4n) is 2.93. The van der Waals surface area contributed by atoms with E-state index in [4.69, 9.17) is 0 Å². The van der Waals surface area contributed by atoms with Gasteiger partial charge in [0.05, 0.1) is 15.3 Å². The number of thiophene rings is 1. The van der Waals surface area contributed by atoms with Crippen LogP contribution in [0.1, 0.15) is 20.8 Å². The van der Waals surface area contributed by atoms with Crippen molar-refractivity contribution in [2.45, 2.75) is 18.0 Å². The first-order valence-corrected chi connectivity index (χ1v) is 10.4. The van der Waals surface area contributed by atoms with Crippen LogP contribution >= 0.6 is 11.3 Å². The second-order valence-electron chi connectivity index (χ2n) is 6.12. The van der Waals surface area contributed by atoms with Crippen LogP contribution in [-0.2, 0) is 16.2 Å². The molecule has 0 spiro atoms. The van der Waals surface area contributed by atoms with Crippen LogP contribution in [0.4, 0.5) is 13.2 Å². The van der Waals surface area contributed by atoms with Crippen LogP contribution < -0.4 is 0 Å². The smallest absolute Gasteiger partial charge is 0.335 e. The van der Waals surface area contributed by atoms with Crippen molar-refractivity contribution in [1.29, 1.82) is 0 Å². The van der Waals surface area contributed by atoms with Crippen molar-refractivity contribution < 1.29 is 26.4 Å². The SMILES string of the molecule is Cc1ccsc1C(=O)N1CCN(S(=O)(=O)c2ccccc2C(F)(F)F)CC1. The van der Waals surface area contributed by atoms with Crippen LogP contribution in [0.5, 0.6) is 0 Å². The van der Waals surface area contributed by atoms with E-state index >= 15 is 0 Å². The first-order chi connectivity index (χ1) is 12.6. The average Bonchev–Trinajstić information content (AvgIpc) is 3.06. The van der Waals surface area contributed by atoms with Gasteiger partial charge in [0.1, 0.15) is 0 Å². The van der Waals surface area contributed by atoms with Crippen molar-refractivity contribution in [2.75, 3.05) is 26.2 Å². The number of aryl methyl sites for hydroxylation is 1. The Morgan fingerprint density at radius 3 is 2.26 bits per heavy atom. The zero-order valence-corrected chi connectivity index (χ0v) is 16.0. The number of piperazine rings is 1. The Balaban J connectivity index is 1.78. The second-order valence-corrected chi connectivity index (χ2v) is 8.95. The van der Waals surface area contributed by atoms with E-state index in [2.05, 4.69) is 0 Å². The molecule has 2 heterocycles. The number of rotatable bonds is 3. The average molecular weight is 418 g/mol. The normalized spacial score (nSPS) is 16.5. The molecule has 146 valence electrons. The largest absolute Gasteiger partial charge is 0.417 e. The highest BCUT2D eigenvalue weighted by atomic mass is 32.2. The summed E-state index contributed by atoms with van der Waals surface area (Å²) in [5.74, 6) is -0.185. The summed E-state index contributed by atoms with van der Waals surface area (Å²) in [6.45, 7) is 1.97. The van der Waals surface area contributed by atoms with Gasteiger partial charge in [-0.25, -0.2) is 8.42 Å². The molecule has 1 saturated heterocycles. The number of carbonyl (C=O) groups excluding carboxylic acids is 1. The molecule has 1 amide bonds. The summed E-state index contributed by atoms with van der Waals surface area (Å²) < 4.78 is 66.0. The molecule has 0 saturated carbocycles. The van der Waals surface area contributed by atoms with Gasteiger partial charge in [-0.1, -0.05) is 12.1 Å². The van der Waals surface area contributed by atoms with Gasteiger partial charge in [0, 0.05) is 26.2 Å². The lowest BCUT2D eigenvalue weighted by Gasteiger charge is -2.34. The molecule has 5 nitrogen and oxygen atoms in total. The molecule has 0 N–H and O–H groups in total. The fraction of sp³-hybridized carbons (Fsp3) is 0.353. The molecule has 3 rings (SSSR count). The molecule has 0 aliphatic carbocycles. The first-order valence-electron chi connectivity index (χ1n) is 8.12. The summed E-state index contributed by atoms with van der Waals surface area (Å²) in [5, 5.41) is 1.80. The topological polar surface area (TPSA) is 57.7 Å². The molecule has 1 aliphatic heterocycles. The van der Waals surface area contributed by atoms with Gasteiger partial charge < -0.3 is 4.90 Å². The van der Waals surface area contributed by atoms with E-state index in [1.54, 1.807) is 5.38 Å². The second kappa shape index (κ2) is 7.25. The Morgan fingerprint density at radius 2 is 1.70 bits per heavy atom. The number of sulfonamides is 1. The van der Waals surface area contributed by atoms with Gasteiger partial charge in [0.2, 0.25) is 10.0 Å². The maximum Gasteiger partial charge on any atom is 0.417 e. The Bertz CT molecular complexity index is 946. The molecule has 27 heavy (non-hydrogen) atoms. The monoisotopic (exact) mass is 418 g/mol. The summed E-state index contributed by atoms with van der Waals surface area (Å²) in [4.78, 5) is 13.9. The maximum atomic E-state index is 13.2. The lowest BCUT2D eigenvalue weighted by atomic mass is 10.2. The standard InChI is InChI=1S/C17H17F3N2O3S2/c1-12-6-11-26-15(12)16(23)21-7-9-22(10-8-21)27(24,25)14-5-3-2-4-13(14)17(18,19)20/h2-6,11H,7-10H2,1H3. The van der Waals surface area contributed by atoms with Gasteiger partial charge in [-0.15, -0.1) is 11.3 Å². The lowest BCUT2D eigenvalue weighted by Crippen LogP contribution is -2.50. The van der Waals surface area contributed by atoms with Crippen molar-refractivity contribution in [1.82, 2.24) is 9.21 Å². The van der Waals surface area contributed by atoms with E-state index in [0.29, 0.717) is 4.88 Å². The van der Waals surface area contributed by atoms with E-state index < -0.39 is 26.7 Å². The van der Waals surface area contributed by atoms with Crippen LogP contribution in [0.3, 0.4) is 0 Å². The molecule has 1 aliphatic rings. The van der Waals surface area contributed by atoms with Crippen molar-refractivity contribution in [3.8, 4) is 0 Å². The summed E-state index contributed by atoms with van der Waals surface area (Å²) in [6, 6.07) is 5.97. The Labute approximate surface area is 159 Å². The minimum absolute atomic E-state index is 0.0509. The third-order valence-electron chi connectivity index (χ3n) is 4.39. The highest BCUT2D eigenvalue weighted by molar-refractivity contribution is 7.89. The van der Waals surface area contributed by atoms with Crippen molar-refractivity contribution in [2.24, 2.45) is 0 Å². The molecule has 0 radical (unpaired) electrons. The highest BCUT2D eigenvalue weighted by Crippen LogP contribution is 2.35.